The Hall–Kier alpha value is -2.53. The number of nitrogens with zero attached hydrogens (tertiary/aromatic N) is 1. The molecule has 0 N–H and O–H groups in total. The number of furan rings is 1. The number of carbonyl (C=O) groups excluding carboxylic acids is 1. The highest BCUT2D eigenvalue weighted by molar-refractivity contribution is 8.00. The van der Waals surface area contributed by atoms with E-state index in [2.05, 4.69) is 0 Å². The van der Waals surface area contributed by atoms with Crippen LogP contribution in [0.2, 0.25) is 0 Å². The van der Waals surface area contributed by atoms with E-state index in [0.717, 1.165) is 11.3 Å². The lowest BCUT2D eigenvalue weighted by Gasteiger charge is -2.22. The maximum Gasteiger partial charge on any atom is 0.237 e. The molecule has 0 radical (unpaired) electrons. The zero-order valence-corrected chi connectivity index (χ0v) is 14.6. The third kappa shape index (κ3) is 4.51. The van der Waals surface area contributed by atoms with Crippen LogP contribution in [0.1, 0.15) is 11.3 Å². The van der Waals surface area contributed by atoms with Crippen molar-refractivity contribution in [2.75, 3.05) is 10.7 Å². The van der Waals surface area contributed by atoms with Crippen LogP contribution in [0.15, 0.2) is 76.2 Å². The second kappa shape index (κ2) is 8.03. The SMILES string of the molecule is Cc1ccc(N(Cc2ccco2)C(=O)CSc2ccccc2F)cc1. The summed E-state index contributed by atoms with van der Waals surface area (Å²) in [5.74, 6) is 0.432. The van der Waals surface area contributed by atoms with Crippen LogP contribution in [0.25, 0.3) is 0 Å². The molecular weight excluding hydrogens is 337 g/mol. The highest BCUT2D eigenvalue weighted by atomic mass is 32.2. The Kier molecular flexibility index (Phi) is 5.56. The largest absolute Gasteiger partial charge is 0.467 e. The predicted molar refractivity (Wildman–Crippen MR) is 98.2 cm³/mol. The maximum absolute atomic E-state index is 13.8. The van der Waals surface area contributed by atoms with Crippen molar-refractivity contribution >= 4 is 23.4 Å². The zero-order valence-electron chi connectivity index (χ0n) is 13.8. The van der Waals surface area contributed by atoms with Gasteiger partial charge in [0.15, 0.2) is 0 Å². The first-order chi connectivity index (χ1) is 12.1. The van der Waals surface area contributed by atoms with Gasteiger partial charge < -0.3 is 9.32 Å². The molecule has 0 spiro atoms. The van der Waals surface area contributed by atoms with Gasteiger partial charge in [0.1, 0.15) is 11.6 Å². The minimum atomic E-state index is -0.312. The van der Waals surface area contributed by atoms with E-state index in [1.807, 2.05) is 37.3 Å². The van der Waals surface area contributed by atoms with E-state index in [1.165, 1.54) is 17.8 Å². The summed E-state index contributed by atoms with van der Waals surface area (Å²) in [4.78, 5) is 14.9. The van der Waals surface area contributed by atoms with Crippen LogP contribution in [0.4, 0.5) is 10.1 Å². The second-order valence-electron chi connectivity index (χ2n) is 5.61. The number of carbonyl (C=O) groups is 1. The molecule has 0 saturated heterocycles. The Morgan fingerprint density at radius 3 is 2.52 bits per heavy atom. The fraction of sp³-hybridized carbons (Fsp3) is 0.150. The van der Waals surface area contributed by atoms with E-state index in [9.17, 15) is 9.18 Å². The van der Waals surface area contributed by atoms with Gasteiger partial charge in [-0.2, -0.15) is 0 Å². The predicted octanol–water partition coefficient (Wildman–Crippen LogP) is 5.05. The molecule has 0 bridgehead atoms. The standard InChI is InChI=1S/C20H18FNO2S/c1-15-8-10-16(11-9-15)22(13-17-5-4-12-24-17)20(23)14-25-19-7-3-2-6-18(19)21/h2-12H,13-14H2,1H3. The van der Waals surface area contributed by atoms with Gasteiger partial charge in [-0.1, -0.05) is 29.8 Å². The van der Waals surface area contributed by atoms with Crippen LogP contribution in [0.3, 0.4) is 0 Å². The molecule has 5 heteroatoms. The molecule has 2 aromatic carbocycles. The minimum absolute atomic E-state index is 0.103. The van der Waals surface area contributed by atoms with Crippen molar-refractivity contribution < 1.29 is 13.6 Å². The average Bonchev–Trinajstić information content (AvgIpc) is 3.13. The monoisotopic (exact) mass is 355 g/mol. The number of halogens is 1. The summed E-state index contributed by atoms with van der Waals surface area (Å²) in [5.41, 5.74) is 1.91. The molecule has 0 fully saturated rings. The van der Waals surface area contributed by atoms with Gasteiger partial charge in [-0.05, 0) is 43.3 Å². The number of thioether (sulfide) groups is 1. The highest BCUT2D eigenvalue weighted by Gasteiger charge is 2.18. The molecule has 0 aliphatic rings. The Labute approximate surface area is 150 Å². The average molecular weight is 355 g/mol. The second-order valence-corrected chi connectivity index (χ2v) is 6.63. The number of anilines is 1. The van der Waals surface area contributed by atoms with Gasteiger partial charge in [0.2, 0.25) is 5.91 Å². The summed E-state index contributed by atoms with van der Waals surface area (Å²) in [6.07, 6.45) is 1.58. The Balaban J connectivity index is 1.77. The number of aryl methyl sites for hydroxylation is 1. The molecule has 1 aromatic heterocycles. The first-order valence-corrected chi connectivity index (χ1v) is 8.89. The summed E-state index contributed by atoms with van der Waals surface area (Å²) < 4.78 is 19.1. The maximum atomic E-state index is 13.8. The first-order valence-electron chi connectivity index (χ1n) is 7.90. The lowest BCUT2D eigenvalue weighted by atomic mass is 10.2. The van der Waals surface area contributed by atoms with Crippen molar-refractivity contribution in [1.82, 2.24) is 0 Å². The summed E-state index contributed by atoms with van der Waals surface area (Å²) in [7, 11) is 0. The molecular formula is C20H18FNO2S. The fourth-order valence-electron chi connectivity index (χ4n) is 2.39. The molecule has 0 atom stereocenters. The van der Waals surface area contributed by atoms with Gasteiger partial charge in [-0.25, -0.2) is 4.39 Å². The molecule has 0 aliphatic heterocycles. The third-order valence-corrected chi connectivity index (χ3v) is 4.76. The lowest BCUT2D eigenvalue weighted by molar-refractivity contribution is -0.116. The molecule has 128 valence electrons. The zero-order chi connectivity index (χ0) is 17.6. The van der Waals surface area contributed by atoms with Gasteiger partial charge in [0.25, 0.3) is 0 Å². The molecule has 1 heterocycles. The Morgan fingerprint density at radius 2 is 1.84 bits per heavy atom. The first kappa shape index (κ1) is 17.3. The van der Waals surface area contributed by atoms with Gasteiger partial charge in [-0.15, -0.1) is 11.8 Å². The van der Waals surface area contributed by atoms with E-state index < -0.39 is 0 Å². The van der Waals surface area contributed by atoms with Gasteiger partial charge in [0.05, 0.1) is 18.6 Å². The van der Waals surface area contributed by atoms with Crippen molar-refractivity contribution in [2.45, 2.75) is 18.4 Å². The van der Waals surface area contributed by atoms with E-state index in [0.29, 0.717) is 17.2 Å². The topological polar surface area (TPSA) is 33.5 Å². The number of benzene rings is 2. The van der Waals surface area contributed by atoms with Crippen LogP contribution in [0, 0.1) is 12.7 Å². The molecule has 3 rings (SSSR count). The summed E-state index contributed by atoms with van der Waals surface area (Å²) in [6.45, 7) is 2.34. The molecule has 3 aromatic rings. The van der Waals surface area contributed by atoms with Gasteiger partial charge in [0, 0.05) is 10.6 Å². The van der Waals surface area contributed by atoms with Crippen molar-refractivity contribution in [3.63, 3.8) is 0 Å². The molecule has 1 amide bonds. The normalized spacial score (nSPS) is 10.6. The smallest absolute Gasteiger partial charge is 0.237 e. The fourth-order valence-corrected chi connectivity index (χ4v) is 3.20. The Bertz CT molecular complexity index is 831. The number of amides is 1. The summed E-state index contributed by atoms with van der Waals surface area (Å²) in [5, 5.41) is 0. The lowest BCUT2D eigenvalue weighted by Crippen LogP contribution is -2.31. The minimum Gasteiger partial charge on any atom is -0.467 e. The number of hydrogen-bond donors (Lipinski definition) is 0. The van der Waals surface area contributed by atoms with E-state index in [1.54, 1.807) is 35.4 Å². The summed E-state index contributed by atoms with van der Waals surface area (Å²) in [6, 6.07) is 17.8. The number of rotatable bonds is 6. The van der Waals surface area contributed by atoms with E-state index in [4.69, 9.17) is 4.42 Å². The van der Waals surface area contributed by atoms with Crippen LogP contribution in [0.5, 0.6) is 0 Å². The number of hydrogen-bond acceptors (Lipinski definition) is 3. The highest BCUT2D eigenvalue weighted by Crippen LogP contribution is 2.24. The van der Waals surface area contributed by atoms with Crippen LogP contribution < -0.4 is 4.90 Å². The molecule has 0 unspecified atom stereocenters. The Morgan fingerprint density at radius 1 is 1.08 bits per heavy atom. The molecule has 0 aliphatic carbocycles. The van der Waals surface area contributed by atoms with E-state index in [-0.39, 0.29) is 17.5 Å². The molecule has 0 saturated carbocycles. The van der Waals surface area contributed by atoms with Gasteiger partial charge >= 0.3 is 0 Å². The van der Waals surface area contributed by atoms with Crippen molar-refractivity contribution in [3.05, 3.63) is 84.1 Å². The van der Waals surface area contributed by atoms with Crippen molar-refractivity contribution in [3.8, 4) is 0 Å². The van der Waals surface area contributed by atoms with Crippen LogP contribution in [-0.4, -0.2) is 11.7 Å². The van der Waals surface area contributed by atoms with Crippen LogP contribution >= 0.6 is 11.8 Å². The van der Waals surface area contributed by atoms with Gasteiger partial charge in [-0.3, -0.25) is 4.79 Å². The quantitative estimate of drug-likeness (QED) is 0.580. The molecule has 25 heavy (non-hydrogen) atoms. The summed E-state index contributed by atoms with van der Waals surface area (Å²) >= 11 is 1.20. The van der Waals surface area contributed by atoms with Crippen LogP contribution in [-0.2, 0) is 11.3 Å². The van der Waals surface area contributed by atoms with Crippen molar-refractivity contribution in [2.24, 2.45) is 0 Å². The van der Waals surface area contributed by atoms with E-state index >= 15 is 0 Å². The van der Waals surface area contributed by atoms with Crippen molar-refractivity contribution in [1.29, 1.82) is 0 Å². The third-order valence-electron chi connectivity index (χ3n) is 3.73. The molecule has 3 nitrogen and oxygen atoms in total.